The van der Waals surface area contributed by atoms with Gasteiger partial charge in [0, 0.05) is 25.4 Å². The van der Waals surface area contributed by atoms with Crippen LogP contribution in [-0.4, -0.2) is 33.5 Å². The first-order valence-corrected chi connectivity index (χ1v) is 4.54. The third kappa shape index (κ3) is 1.78. The summed E-state index contributed by atoms with van der Waals surface area (Å²) in [5.41, 5.74) is 0.0189. The quantitative estimate of drug-likeness (QED) is 0.754. The molecule has 1 amide bonds. The number of hydrogen-bond donors (Lipinski definition) is 1. The number of aromatic carboxylic acids is 1. The van der Waals surface area contributed by atoms with Crippen LogP contribution in [0.1, 0.15) is 23.2 Å². The molecule has 6 nitrogen and oxygen atoms in total. The van der Waals surface area contributed by atoms with Gasteiger partial charge in [-0.3, -0.25) is 9.69 Å². The van der Waals surface area contributed by atoms with Crippen LogP contribution in [0, 0.1) is 0 Å². The van der Waals surface area contributed by atoms with Gasteiger partial charge in [-0.2, -0.15) is 0 Å². The van der Waals surface area contributed by atoms with Gasteiger partial charge in [-0.25, -0.2) is 14.8 Å². The van der Waals surface area contributed by atoms with Crippen LogP contribution in [0.15, 0.2) is 12.4 Å². The topological polar surface area (TPSA) is 83.4 Å². The minimum Gasteiger partial charge on any atom is -0.478 e. The fraction of sp³-hybridized carbons (Fsp3) is 0.333. The van der Waals surface area contributed by atoms with Crippen molar-refractivity contribution in [2.24, 2.45) is 0 Å². The highest BCUT2D eigenvalue weighted by molar-refractivity contribution is 5.93. The molecule has 0 saturated carbocycles. The van der Waals surface area contributed by atoms with Crippen molar-refractivity contribution in [3.8, 4) is 0 Å². The second-order valence-electron chi connectivity index (χ2n) is 3.23. The van der Waals surface area contributed by atoms with Gasteiger partial charge in [0.2, 0.25) is 11.9 Å². The van der Waals surface area contributed by atoms with E-state index in [-0.39, 0.29) is 17.4 Å². The number of aromatic nitrogens is 2. The Kier molecular flexibility index (Phi) is 2.32. The number of carbonyl (C=O) groups excluding carboxylic acids is 1. The molecule has 15 heavy (non-hydrogen) atoms. The van der Waals surface area contributed by atoms with Gasteiger partial charge >= 0.3 is 5.97 Å². The molecule has 0 unspecified atom stereocenters. The van der Waals surface area contributed by atoms with Crippen molar-refractivity contribution in [2.75, 3.05) is 11.4 Å². The van der Waals surface area contributed by atoms with Crippen LogP contribution in [0.2, 0.25) is 0 Å². The van der Waals surface area contributed by atoms with Gasteiger partial charge < -0.3 is 5.11 Å². The normalized spacial score (nSPS) is 15.7. The van der Waals surface area contributed by atoms with Crippen LogP contribution in [-0.2, 0) is 4.79 Å². The first-order valence-electron chi connectivity index (χ1n) is 4.54. The standard InChI is InChI=1S/C9H9N3O3/c13-7-2-1-3-12(7)9-10-4-6(5-11-9)8(14)15/h4-5H,1-3H2,(H,14,15). The van der Waals surface area contributed by atoms with Crippen LogP contribution in [0.4, 0.5) is 5.95 Å². The summed E-state index contributed by atoms with van der Waals surface area (Å²) in [4.78, 5) is 31.0. The molecule has 1 aromatic rings. The maximum atomic E-state index is 11.3. The zero-order valence-electron chi connectivity index (χ0n) is 7.88. The van der Waals surface area contributed by atoms with Crippen LogP contribution in [0.3, 0.4) is 0 Å². The molecule has 1 aliphatic heterocycles. The van der Waals surface area contributed by atoms with E-state index in [1.807, 2.05) is 0 Å². The van der Waals surface area contributed by atoms with Crippen molar-refractivity contribution in [2.45, 2.75) is 12.8 Å². The summed E-state index contributed by atoms with van der Waals surface area (Å²) in [6.45, 7) is 0.602. The first-order chi connectivity index (χ1) is 7.18. The fourth-order valence-corrected chi connectivity index (χ4v) is 1.43. The Morgan fingerprint density at radius 2 is 2.07 bits per heavy atom. The molecule has 1 aliphatic rings. The fourth-order valence-electron chi connectivity index (χ4n) is 1.43. The van der Waals surface area contributed by atoms with Crippen molar-refractivity contribution in [3.05, 3.63) is 18.0 Å². The Hall–Kier alpha value is -1.98. The van der Waals surface area contributed by atoms with E-state index in [2.05, 4.69) is 9.97 Å². The van der Waals surface area contributed by atoms with E-state index in [0.717, 1.165) is 6.42 Å². The van der Waals surface area contributed by atoms with Crippen LogP contribution in [0.25, 0.3) is 0 Å². The van der Waals surface area contributed by atoms with E-state index < -0.39 is 5.97 Å². The third-order valence-corrected chi connectivity index (χ3v) is 2.20. The highest BCUT2D eigenvalue weighted by Crippen LogP contribution is 2.16. The molecule has 1 fully saturated rings. The molecular weight excluding hydrogens is 198 g/mol. The second-order valence-corrected chi connectivity index (χ2v) is 3.23. The second kappa shape index (κ2) is 3.64. The predicted octanol–water partition coefficient (Wildman–Crippen LogP) is 0.302. The molecular formula is C9H9N3O3. The lowest BCUT2D eigenvalue weighted by molar-refractivity contribution is -0.117. The summed E-state index contributed by atoms with van der Waals surface area (Å²) in [6.07, 6.45) is 3.71. The van der Waals surface area contributed by atoms with Gasteiger partial charge in [0.15, 0.2) is 0 Å². The van der Waals surface area contributed by atoms with Crippen molar-refractivity contribution in [1.29, 1.82) is 0 Å². The van der Waals surface area contributed by atoms with Gasteiger partial charge in [0.25, 0.3) is 0 Å². The lowest BCUT2D eigenvalue weighted by atomic mass is 10.3. The van der Waals surface area contributed by atoms with E-state index in [4.69, 9.17) is 5.11 Å². The summed E-state index contributed by atoms with van der Waals surface area (Å²) in [6, 6.07) is 0. The lowest BCUT2D eigenvalue weighted by Crippen LogP contribution is -2.25. The Morgan fingerprint density at radius 3 is 2.53 bits per heavy atom. The maximum absolute atomic E-state index is 11.3. The summed E-state index contributed by atoms with van der Waals surface area (Å²) in [7, 11) is 0. The Labute approximate surface area is 85.6 Å². The molecule has 0 bridgehead atoms. The van der Waals surface area contributed by atoms with Gasteiger partial charge in [-0.15, -0.1) is 0 Å². The minimum absolute atomic E-state index is 0.0157. The number of amides is 1. The molecule has 0 spiro atoms. The number of hydrogen-bond acceptors (Lipinski definition) is 4. The molecule has 6 heteroatoms. The number of nitrogens with zero attached hydrogens (tertiary/aromatic N) is 3. The Bertz CT molecular complexity index is 402. The zero-order chi connectivity index (χ0) is 10.8. The van der Waals surface area contributed by atoms with Crippen LogP contribution < -0.4 is 4.90 Å². The largest absolute Gasteiger partial charge is 0.478 e. The summed E-state index contributed by atoms with van der Waals surface area (Å²) in [5, 5.41) is 8.63. The molecule has 0 aromatic carbocycles. The predicted molar refractivity (Wildman–Crippen MR) is 50.6 cm³/mol. The minimum atomic E-state index is -1.07. The smallest absolute Gasteiger partial charge is 0.338 e. The zero-order valence-corrected chi connectivity index (χ0v) is 7.88. The molecule has 78 valence electrons. The van der Waals surface area contributed by atoms with Crippen molar-refractivity contribution < 1.29 is 14.7 Å². The molecule has 2 rings (SSSR count). The highest BCUT2D eigenvalue weighted by atomic mass is 16.4. The molecule has 0 aliphatic carbocycles. The van der Waals surface area contributed by atoms with Crippen molar-refractivity contribution in [3.63, 3.8) is 0 Å². The number of carboxylic acids is 1. The summed E-state index contributed by atoms with van der Waals surface area (Å²) < 4.78 is 0. The molecule has 0 atom stereocenters. The van der Waals surface area contributed by atoms with Crippen molar-refractivity contribution in [1.82, 2.24) is 9.97 Å². The third-order valence-electron chi connectivity index (χ3n) is 2.20. The van der Waals surface area contributed by atoms with E-state index >= 15 is 0 Å². The molecule has 0 radical (unpaired) electrons. The van der Waals surface area contributed by atoms with E-state index in [1.54, 1.807) is 0 Å². The maximum Gasteiger partial charge on any atom is 0.338 e. The Balaban J connectivity index is 2.23. The summed E-state index contributed by atoms with van der Waals surface area (Å²) >= 11 is 0. The van der Waals surface area contributed by atoms with Gasteiger partial charge in [0.1, 0.15) is 0 Å². The van der Waals surface area contributed by atoms with Crippen LogP contribution in [0.5, 0.6) is 0 Å². The van der Waals surface area contributed by atoms with Gasteiger partial charge in [-0.05, 0) is 6.42 Å². The molecule has 1 aromatic heterocycles. The van der Waals surface area contributed by atoms with E-state index in [1.165, 1.54) is 17.3 Å². The Morgan fingerprint density at radius 1 is 1.40 bits per heavy atom. The van der Waals surface area contributed by atoms with Gasteiger partial charge in [-0.1, -0.05) is 0 Å². The van der Waals surface area contributed by atoms with Crippen molar-refractivity contribution >= 4 is 17.8 Å². The number of carbonyl (C=O) groups is 2. The molecule has 2 heterocycles. The summed E-state index contributed by atoms with van der Waals surface area (Å²) in [5.74, 6) is -0.810. The number of rotatable bonds is 2. The van der Waals surface area contributed by atoms with Gasteiger partial charge in [0.05, 0.1) is 5.56 Å². The van der Waals surface area contributed by atoms with Crippen LogP contribution >= 0.6 is 0 Å². The monoisotopic (exact) mass is 207 g/mol. The number of carboxylic acid groups (broad SMARTS) is 1. The lowest BCUT2D eigenvalue weighted by Gasteiger charge is -2.12. The average Bonchev–Trinajstić information content (AvgIpc) is 2.65. The SMILES string of the molecule is O=C(O)c1cnc(N2CCCC2=O)nc1. The molecule has 1 saturated heterocycles. The first kappa shape index (κ1) is 9.57. The van der Waals surface area contributed by atoms with E-state index in [9.17, 15) is 9.59 Å². The highest BCUT2D eigenvalue weighted by Gasteiger charge is 2.23. The average molecular weight is 207 g/mol. The van der Waals surface area contributed by atoms with E-state index in [0.29, 0.717) is 13.0 Å². The number of anilines is 1. The molecule has 1 N–H and O–H groups in total.